The van der Waals surface area contributed by atoms with Gasteiger partial charge in [-0.15, -0.1) is 0 Å². The summed E-state index contributed by atoms with van der Waals surface area (Å²) >= 11 is 0. The van der Waals surface area contributed by atoms with Gasteiger partial charge in [-0.05, 0) is 68.1 Å². The van der Waals surface area contributed by atoms with Gasteiger partial charge in [-0.1, -0.05) is 27.7 Å². The number of anilines is 2. The molecule has 5 nitrogen and oxygen atoms in total. The Balaban J connectivity index is 1.38. The van der Waals surface area contributed by atoms with Crippen LogP contribution >= 0.6 is 0 Å². The summed E-state index contributed by atoms with van der Waals surface area (Å²) < 4.78 is 0. The van der Waals surface area contributed by atoms with Gasteiger partial charge in [-0.2, -0.15) is 0 Å². The van der Waals surface area contributed by atoms with E-state index in [2.05, 4.69) is 37.9 Å². The quantitative estimate of drug-likeness (QED) is 0.809. The maximum Gasteiger partial charge on any atom is 0.225 e. The average molecular weight is 386 g/mol. The summed E-state index contributed by atoms with van der Waals surface area (Å²) in [6.07, 6.45) is 11.2. The lowest BCUT2D eigenvalue weighted by molar-refractivity contribution is 0.0712. The molecule has 0 amide bonds. The second-order valence-corrected chi connectivity index (χ2v) is 10.6. The molecule has 156 valence electrons. The van der Waals surface area contributed by atoms with Crippen LogP contribution in [0.1, 0.15) is 66.2 Å². The SMILES string of the molecule is CC1CC2CC(N)(C1)CC(C)C2Nc1cnc(N2CCC(C(C)C)CC2)nc1. The normalized spacial score (nSPS) is 36.6. The number of aromatic nitrogens is 2. The maximum absolute atomic E-state index is 6.71. The average Bonchev–Trinajstić information content (AvgIpc) is 2.64. The smallest absolute Gasteiger partial charge is 0.225 e. The highest BCUT2D eigenvalue weighted by Gasteiger charge is 2.46. The lowest BCUT2D eigenvalue weighted by Crippen LogP contribution is -2.57. The highest BCUT2D eigenvalue weighted by Crippen LogP contribution is 2.46. The van der Waals surface area contributed by atoms with Gasteiger partial charge in [0.15, 0.2) is 0 Å². The van der Waals surface area contributed by atoms with E-state index in [9.17, 15) is 0 Å². The van der Waals surface area contributed by atoms with Crippen LogP contribution < -0.4 is 16.0 Å². The molecule has 5 unspecified atom stereocenters. The van der Waals surface area contributed by atoms with E-state index in [1.165, 1.54) is 25.7 Å². The van der Waals surface area contributed by atoms with Crippen molar-refractivity contribution < 1.29 is 0 Å². The number of nitrogens with zero attached hydrogens (tertiary/aromatic N) is 3. The fraction of sp³-hybridized carbons (Fsp3) is 0.826. The van der Waals surface area contributed by atoms with Gasteiger partial charge in [0.05, 0.1) is 18.1 Å². The molecule has 1 aromatic heterocycles. The molecule has 0 aromatic carbocycles. The van der Waals surface area contributed by atoms with Crippen molar-refractivity contribution in [2.24, 2.45) is 35.3 Å². The minimum Gasteiger partial charge on any atom is -0.379 e. The summed E-state index contributed by atoms with van der Waals surface area (Å²) in [5.41, 5.74) is 7.82. The fourth-order valence-electron chi connectivity index (χ4n) is 6.43. The summed E-state index contributed by atoms with van der Waals surface area (Å²) in [6, 6.07) is 0.482. The fourth-order valence-corrected chi connectivity index (χ4v) is 6.43. The summed E-state index contributed by atoms with van der Waals surface area (Å²) in [4.78, 5) is 11.7. The highest BCUT2D eigenvalue weighted by molar-refractivity contribution is 5.44. The van der Waals surface area contributed by atoms with E-state index in [1.54, 1.807) is 0 Å². The van der Waals surface area contributed by atoms with Crippen LogP contribution in [-0.2, 0) is 0 Å². The topological polar surface area (TPSA) is 67.1 Å². The Morgan fingerprint density at radius 2 is 1.79 bits per heavy atom. The summed E-state index contributed by atoms with van der Waals surface area (Å²) in [6.45, 7) is 11.6. The Morgan fingerprint density at radius 1 is 1.11 bits per heavy atom. The second kappa shape index (κ2) is 7.81. The molecule has 3 fully saturated rings. The summed E-state index contributed by atoms with van der Waals surface area (Å²) in [7, 11) is 0. The van der Waals surface area contributed by atoms with Crippen molar-refractivity contribution in [3.05, 3.63) is 12.4 Å². The second-order valence-electron chi connectivity index (χ2n) is 10.6. The van der Waals surface area contributed by atoms with Crippen LogP contribution in [-0.4, -0.2) is 34.6 Å². The molecule has 1 aliphatic heterocycles. The van der Waals surface area contributed by atoms with Gasteiger partial charge in [-0.3, -0.25) is 0 Å². The zero-order chi connectivity index (χ0) is 19.9. The monoisotopic (exact) mass is 385 g/mol. The Morgan fingerprint density at radius 3 is 2.43 bits per heavy atom. The summed E-state index contributed by atoms with van der Waals surface area (Å²) in [5.74, 6) is 4.49. The van der Waals surface area contributed by atoms with E-state index in [0.29, 0.717) is 17.9 Å². The third-order valence-electron chi connectivity index (χ3n) is 7.72. The lowest BCUT2D eigenvalue weighted by Gasteiger charge is -2.52. The van der Waals surface area contributed by atoms with Crippen LogP contribution in [0.5, 0.6) is 0 Å². The first-order valence-corrected chi connectivity index (χ1v) is 11.5. The molecular formula is C23H39N5. The van der Waals surface area contributed by atoms with Crippen LogP contribution in [0.15, 0.2) is 12.4 Å². The Labute approximate surface area is 170 Å². The Kier molecular flexibility index (Phi) is 5.56. The van der Waals surface area contributed by atoms with Crippen LogP contribution in [0.3, 0.4) is 0 Å². The molecule has 2 bridgehead atoms. The van der Waals surface area contributed by atoms with Gasteiger partial charge in [0.1, 0.15) is 0 Å². The summed E-state index contributed by atoms with van der Waals surface area (Å²) in [5, 5.41) is 3.78. The highest BCUT2D eigenvalue weighted by atomic mass is 15.3. The zero-order valence-corrected chi connectivity index (χ0v) is 18.2. The van der Waals surface area contributed by atoms with Gasteiger partial charge in [-0.25, -0.2) is 9.97 Å². The standard InChI is InChI=1S/C23H39N5/c1-15(2)18-5-7-28(8-6-18)22-25-13-20(14-26-22)27-21-17(4)11-23(24)10-16(3)9-19(21)12-23/h13-19,21,27H,5-12,24H2,1-4H3. The van der Waals surface area contributed by atoms with E-state index in [1.807, 2.05) is 12.4 Å². The van der Waals surface area contributed by atoms with Crippen LogP contribution in [0, 0.1) is 29.6 Å². The van der Waals surface area contributed by atoms with E-state index < -0.39 is 0 Å². The minimum absolute atomic E-state index is 0.0579. The molecule has 2 saturated carbocycles. The Hall–Kier alpha value is -1.36. The predicted molar refractivity (Wildman–Crippen MR) is 116 cm³/mol. The molecule has 5 atom stereocenters. The van der Waals surface area contributed by atoms with Gasteiger partial charge in [0.2, 0.25) is 5.95 Å². The van der Waals surface area contributed by atoms with E-state index in [4.69, 9.17) is 15.7 Å². The number of piperidine rings is 1. The van der Waals surface area contributed by atoms with E-state index in [0.717, 1.165) is 55.3 Å². The number of nitrogens with two attached hydrogens (primary N) is 1. The van der Waals surface area contributed by atoms with Crippen molar-refractivity contribution in [2.75, 3.05) is 23.3 Å². The molecule has 4 rings (SSSR count). The third-order valence-corrected chi connectivity index (χ3v) is 7.72. The first-order chi connectivity index (χ1) is 13.3. The van der Waals surface area contributed by atoms with Gasteiger partial charge >= 0.3 is 0 Å². The van der Waals surface area contributed by atoms with Crippen molar-refractivity contribution >= 4 is 11.6 Å². The lowest BCUT2D eigenvalue weighted by atomic mass is 9.59. The molecule has 5 heteroatoms. The molecular weight excluding hydrogens is 346 g/mol. The molecule has 0 radical (unpaired) electrons. The van der Waals surface area contributed by atoms with Crippen molar-refractivity contribution in [2.45, 2.75) is 77.8 Å². The van der Waals surface area contributed by atoms with Crippen molar-refractivity contribution in [1.29, 1.82) is 0 Å². The van der Waals surface area contributed by atoms with Crippen molar-refractivity contribution in [3.8, 4) is 0 Å². The van der Waals surface area contributed by atoms with Crippen LogP contribution in [0.4, 0.5) is 11.6 Å². The van der Waals surface area contributed by atoms with Gasteiger partial charge in [0.25, 0.3) is 0 Å². The molecule has 2 heterocycles. The largest absolute Gasteiger partial charge is 0.379 e. The van der Waals surface area contributed by atoms with Crippen LogP contribution in [0.2, 0.25) is 0 Å². The molecule has 1 saturated heterocycles. The zero-order valence-electron chi connectivity index (χ0n) is 18.2. The van der Waals surface area contributed by atoms with Gasteiger partial charge < -0.3 is 16.0 Å². The minimum atomic E-state index is 0.0579. The number of hydrogen-bond donors (Lipinski definition) is 2. The van der Waals surface area contributed by atoms with Gasteiger partial charge in [0, 0.05) is 24.7 Å². The maximum atomic E-state index is 6.71. The molecule has 3 aliphatic rings. The molecule has 3 N–H and O–H groups in total. The van der Waals surface area contributed by atoms with Crippen molar-refractivity contribution in [3.63, 3.8) is 0 Å². The first-order valence-electron chi connectivity index (χ1n) is 11.5. The molecule has 2 aliphatic carbocycles. The van der Waals surface area contributed by atoms with E-state index >= 15 is 0 Å². The molecule has 0 spiro atoms. The van der Waals surface area contributed by atoms with Crippen LogP contribution in [0.25, 0.3) is 0 Å². The predicted octanol–water partition coefficient (Wildman–Crippen LogP) is 4.30. The number of rotatable bonds is 4. The number of hydrogen-bond acceptors (Lipinski definition) is 5. The first kappa shape index (κ1) is 19.9. The molecule has 28 heavy (non-hydrogen) atoms. The van der Waals surface area contributed by atoms with Crippen molar-refractivity contribution in [1.82, 2.24) is 9.97 Å². The van der Waals surface area contributed by atoms with E-state index in [-0.39, 0.29) is 5.54 Å². The third kappa shape index (κ3) is 4.14. The number of nitrogens with one attached hydrogen (secondary N) is 1. The molecule has 1 aromatic rings. The number of fused-ring (bicyclic) bond motifs is 2. The Bertz CT molecular complexity index is 647.